The van der Waals surface area contributed by atoms with Crippen LogP contribution >= 0.6 is 0 Å². The second kappa shape index (κ2) is 5.53. The summed E-state index contributed by atoms with van der Waals surface area (Å²) in [4.78, 5) is 14.1. The lowest BCUT2D eigenvalue weighted by Crippen LogP contribution is -2.22. The van der Waals surface area contributed by atoms with Crippen LogP contribution in [0.15, 0.2) is 18.3 Å². The van der Waals surface area contributed by atoms with Gasteiger partial charge in [0.2, 0.25) is 10.0 Å². The number of hydrogen-bond acceptors (Lipinski definition) is 6. The Morgan fingerprint density at radius 1 is 1.26 bits per heavy atom. The Balaban J connectivity index is 2.76. The molecule has 0 fully saturated rings. The Bertz CT molecular complexity index is 663. The van der Waals surface area contributed by atoms with Crippen LogP contribution < -0.4 is 4.72 Å². The van der Waals surface area contributed by atoms with Crippen molar-refractivity contribution in [1.82, 2.24) is 4.98 Å². The fourth-order valence-electron chi connectivity index (χ4n) is 1.07. The second-order valence-electron chi connectivity index (χ2n) is 3.79. The van der Waals surface area contributed by atoms with Crippen molar-refractivity contribution in [2.24, 2.45) is 0 Å². The molecule has 10 heteroatoms. The number of pyridine rings is 1. The molecule has 0 amide bonds. The van der Waals surface area contributed by atoms with Gasteiger partial charge in [-0.1, -0.05) is 0 Å². The molecular weight excluding hydrogens is 296 g/mol. The van der Waals surface area contributed by atoms with E-state index in [1.165, 1.54) is 6.07 Å². The van der Waals surface area contributed by atoms with Crippen molar-refractivity contribution < 1.29 is 26.7 Å². The van der Waals surface area contributed by atoms with Crippen LogP contribution in [0.1, 0.15) is 10.5 Å². The maximum absolute atomic E-state index is 11.5. The Hall–Kier alpha value is -1.68. The lowest BCUT2D eigenvalue weighted by atomic mass is 10.3. The lowest BCUT2D eigenvalue weighted by Gasteiger charge is -2.07. The fraction of sp³-hybridized carbons (Fsp3) is 0.333. The van der Waals surface area contributed by atoms with Crippen molar-refractivity contribution >= 4 is 31.5 Å². The average Bonchev–Trinajstić information content (AvgIpc) is 2.26. The van der Waals surface area contributed by atoms with Gasteiger partial charge in [-0.25, -0.2) is 26.6 Å². The van der Waals surface area contributed by atoms with Crippen LogP contribution in [0.4, 0.5) is 5.69 Å². The number of sulfone groups is 1. The SMILES string of the molecule is CS(=O)(=O)CCS(=O)(=O)Nc1ccc(C(=O)O)nc1. The number of carbonyl (C=O) groups is 1. The summed E-state index contributed by atoms with van der Waals surface area (Å²) in [6, 6.07) is 2.37. The summed E-state index contributed by atoms with van der Waals surface area (Å²) in [6.45, 7) is 0. The van der Waals surface area contributed by atoms with E-state index in [2.05, 4.69) is 9.71 Å². The highest BCUT2D eigenvalue weighted by molar-refractivity contribution is 7.95. The zero-order chi connectivity index (χ0) is 14.7. The summed E-state index contributed by atoms with van der Waals surface area (Å²) in [5.74, 6) is -2.30. The standard InChI is InChI=1S/C9H12N2O6S2/c1-18(14,15)4-5-19(16,17)11-7-2-3-8(9(12)13)10-6-7/h2-3,6,11H,4-5H2,1H3,(H,12,13). The predicted octanol–water partition coefficient (Wildman–Crippen LogP) is -0.434. The minimum atomic E-state index is -3.82. The third-order valence-corrected chi connectivity index (χ3v) is 4.47. The maximum Gasteiger partial charge on any atom is 0.354 e. The second-order valence-corrected chi connectivity index (χ2v) is 7.89. The molecule has 0 aliphatic carbocycles. The number of carboxylic acids is 1. The number of nitrogens with one attached hydrogen (secondary N) is 1. The van der Waals surface area contributed by atoms with Gasteiger partial charge in [-0.2, -0.15) is 0 Å². The topological polar surface area (TPSA) is 130 Å². The normalized spacial score (nSPS) is 12.1. The van der Waals surface area contributed by atoms with E-state index in [4.69, 9.17) is 5.11 Å². The monoisotopic (exact) mass is 308 g/mol. The van der Waals surface area contributed by atoms with Gasteiger partial charge >= 0.3 is 5.97 Å². The van der Waals surface area contributed by atoms with E-state index in [9.17, 15) is 21.6 Å². The van der Waals surface area contributed by atoms with E-state index in [0.29, 0.717) is 0 Å². The molecule has 1 aromatic heterocycles. The molecule has 1 aromatic rings. The van der Waals surface area contributed by atoms with Gasteiger partial charge < -0.3 is 5.11 Å². The van der Waals surface area contributed by atoms with Crippen LogP contribution in [0, 0.1) is 0 Å². The summed E-state index contributed by atoms with van der Waals surface area (Å²) in [7, 11) is -7.20. The quantitative estimate of drug-likeness (QED) is 0.728. The average molecular weight is 308 g/mol. The first-order valence-electron chi connectivity index (χ1n) is 4.97. The van der Waals surface area contributed by atoms with Crippen LogP contribution in [0.5, 0.6) is 0 Å². The molecule has 0 aliphatic rings. The molecule has 1 rings (SSSR count). The molecule has 0 atom stereocenters. The molecular formula is C9H12N2O6S2. The largest absolute Gasteiger partial charge is 0.477 e. The molecule has 1 heterocycles. The molecule has 0 radical (unpaired) electrons. The van der Waals surface area contributed by atoms with E-state index < -0.39 is 37.3 Å². The minimum Gasteiger partial charge on any atom is -0.477 e. The number of carboxylic acid groups (broad SMARTS) is 1. The fourth-order valence-corrected chi connectivity index (χ4v) is 3.74. The van der Waals surface area contributed by atoms with Gasteiger partial charge in [-0.3, -0.25) is 4.72 Å². The van der Waals surface area contributed by atoms with Crippen molar-refractivity contribution in [3.63, 3.8) is 0 Å². The Labute approximate surface area is 110 Å². The van der Waals surface area contributed by atoms with E-state index in [-0.39, 0.29) is 11.4 Å². The van der Waals surface area contributed by atoms with Crippen LogP contribution in [-0.4, -0.2) is 50.7 Å². The van der Waals surface area contributed by atoms with Crippen molar-refractivity contribution in [2.45, 2.75) is 0 Å². The molecule has 0 saturated heterocycles. The van der Waals surface area contributed by atoms with Crippen molar-refractivity contribution in [3.8, 4) is 0 Å². The molecule has 0 unspecified atom stereocenters. The summed E-state index contributed by atoms with van der Waals surface area (Å²) in [5.41, 5.74) is -0.155. The minimum absolute atomic E-state index is 0.0681. The third kappa shape index (κ3) is 5.66. The van der Waals surface area contributed by atoms with Crippen molar-refractivity contribution in [2.75, 3.05) is 22.5 Å². The number of aromatic carboxylic acids is 1. The van der Waals surface area contributed by atoms with Crippen molar-refractivity contribution in [3.05, 3.63) is 24.0 Å². The van der Waals surface area contributed by atoms with E-state index in [1.807, 2.05) is 0 Å². The number of aromatic nitrogens is 1. The van der Waals surface area contributed by atoms with Gasteiger partial charge in [0.05, 0.1) is 23.4 Å². The van der Waals surface area contributed by atoms with E-state index in [1.54, 1.807) is 0 Å². The smallest absolute Gasteiger partial charge is 0.354 e. The van der Waals surface area contributed by atoms with Crippen LogP contribution in [0.2, 0.25) is 0 Å². The van der Waals surface area contributed by atoms with Gasteiger partial charge in [0, 0.05) is 6.26 Å². The molecule has 0 aliphatic heterocycles. The molecule has 0 spiro atoms. The van der Waals surface area contributed by atoms with Gasteiger partial charge in [0.15, 0.2) is 0 Å². The highest BCUT2D eigenvalue weighted by atomic mass is 32.2. The number of anilines is 1. The Kier molecular flexibility index (Phi) is 4.48. The van der Waals surface area contributed by atoms with Crippen molar-refractivity contribution in [1.29, 1.82) is 0 Å². The summed E-state index contributed by atoms with van der Waals surface area (Å²) < 4.78 is 47.0. The highest BCUT2D eigenvalue weighted by Gasteiger charge is 2.15. The first kappa shape index (κ1) is 15.4. The zero-order valence-corrected chi connectivity index (χ0v) is 11.5. The number of rotatable bonds is 6. The van der Waals surface area contributed by atoms with Gasteiger partial charge in [-0.05, 0) is 12.1 Å². The van der Waals surface area contributed by atoms with Crippen LogP contribution in [0.25, 0.3) is 0 Å². The molecule has 2 N–H and O–H groups in total. The van der Waals surface area contributed by atoms with Gasteiger partial charge in [0.1, 0.15) is 15.5 Å². The van der Waals surface area contributed by atoms with Crippen LogP contribution in [0.3, 0.4) is 0 Å². The molecule has 106 valence electrons. The number of hydrogen-bond donors (Lipinski definition) is 2. The maximum atomic E-state index is 11.5. The molecule has 0 bridgehead atoms. The molecule has 19 heavy (non-hydrogen) atoms. The first-order chi connectivity index (χ1) is 8.59. The summed E-state index contributed by atoms with van der Waals surface area (Å²) in [6.07, 6.45) is 1.98. The number of nitrogens with zero attached hydrogens (tertiary/aromatic N) is 1. The summed E-state index contributed by atoms with van der Waals surface area (Å²) >= 11 is 0. The van der Waals surface area contributed by atoms with E-state index >= 15 is 0 Å². The molecule has 8 nitrogen and oxygen atoms in total. The third-order valence-electron chi connectivity index (χ3n) is 1.98. The summed E-state index contributed by atoms with van der Waals surface area (Å²) in [5, 5.41) is 8.61. The predicted molar refractivity (Wildman–Crippen MR) is 68.3 cm³/mol. The molecule has 0 saturated carbocycles. The highest BCUT2D eigenvalue weighted by Crippen LogP contribution is 2.09. The van der Waals surface area contributed by atoms with Crippen LogP contribution in [-0.2, 0) is 19.9 Å². The zero-order valence-electron chi connectivity index (χ0n) is 9.90. The number of sulfonamides is 1. The Morgan fingerprint density at radius 2 is 1.89 bits per heavy atom. The molecule has 0 aromatic carbocycles. The lowest BCUT2D eigenvalue weighted by molar-refractivity contribution is 0.0690. The van der Waals surface area contributed by atoms with E-state index in [0.717, 1.165) is 18.5 Å². The first-order valence-corrected chi connectivity index (χ1v) is 8.68. The van der Waals surface area contributed by atoms with Gasteiger partial charge in [0.25, 0.3) is 0 Å². The van der Waals surface area contributed by atoms with Gasteiger partial charge in [-0.15, -0.1) is 0 Å². The Morgan fingerprint density at radius 3 is 2.32 bits per heavy atom.